The van der Waals surface area contributed by atoms with Crippen LogP contribution in [0.15, 0.2) is 0 Å². The molecule has 1 nitrogen and oxygen atoms in total. The van der Waals surface area contributed by atoms with Crippen LogP contribution in [-0.2, 0) is 0 Å². The standard InChI is InChI=1S/C11H18O/c1-4-5-6-11(12)8-7-10(2,3)9-11/h1,12H,5-9H2,2-3H3. The second-order valence-corrected chi connectivity index (χ2v) is 4.77. The summed E-state index contributed by atoms with van der Waals surface area (Å²) in [5.41, 5.74) is -0.154. The molecule has 0 heterocycles. The Morgan fingerprint density at radius 3 is 2.50 bits per heavy atom. The first-order valence-electron chi connectivity index (χ1n) is 4.63. The minimum absolute atomic E-state index is 0.309. The molecule has 68 valence electrons. The minimum atomic E-state index is -0.462. The summed E-state index contributed by atoms with van der Waals surface area (Å²) in [6, 6.07) is 0. The van der Waals surface area contributed by atoms with Gasteiger partial charge in [0.15, 0.2) is 0 Å². The zero-order valence-corrected chi connectivity index (χ0v) is 8.06. The van der Waals surface area contributed by atoms with Crippen LogP contribution in [0, 0.1) is 17.8 Å². The molecule has 0 amide bonds. The maximum atomic E-state index is 10.1. The van der Waals surface area contributed by atoms with E-state index in [1.807, 2.05) is 0 Å². The first kappa shape index (κ1) is 9.61. The molecule has 12 heavy (non-hydrogen) atoms. The molecule has 0 aliphatic heterocycles. The van der Waals surface area contributed by atoms with Crippen molar-refractivity contribution < 1.29 is 5.11 Å². The van der Waals surface area contributed by atoms with Gasteiger partial charge in [0.2, 0.25) is 0 Å². The Labute approximate surface area is 75.2 Å². The van der Waals surface area contributed by atoms with Gasteiger partial charge in [-0.1, -0.05) is 13.8 Å². The largest absolute Gasteiger partial charge is 0.390 e. The number of terminal acetylenes is 1. The van der Waals surface area contributed by atoms with Gasteiger partial charge in [0.25, 0.3) is 0 Å². The van der Waals surface area contributed by atoms with E-state index in [9.17, 15) is 5.11 Å². The molecule has 0 aromatic rings. The Balaban J connectivity index is 2.48. The first-order valence-corrected chi connectivity index (χ1v) is 4.63. The summed E-state index contributed by atoms with van der Waals surface area (Å²) in [7, 11) is 0. The maximum absolute atomic E-state index is 10.1. The van der Waals surface area contributed by atoms with Crippen molar-refractivity contribution in [3.8, 4) is 12.3 Å². The lowest BCUT2D eigenvalue weighted by Crippen LogP contribution is -2.25. The zero-order chi connectivity index (χ0) is 9.24. The van der Waals surface area contributed by atoms with Gasteiger partial charge in [-0.25, -0.2) is 0 Å². The van der Waals surface area contributed by atoms with Crippen LogP contribution in [0.5, 0.6) is 0 Å². The number of hydrogen-bond donors (Lipinski definition) is 1. The van der Waals surface area contributed by atoms with Gasteiger partial charge in [-0.3, -0.25) is 0 Å². The van der Waals surface area contributed by atoms with Gasteiger partial charge in [0.1, 0.15) is 0 Å². The molecule has 1 aliphatic carbocycles. The molecule has 1 N–H and O–H groups in total. The Hall–Kier alpha value is -0.480. The molecule has 1 saturated carbocycles. The molecule has 1 fully saturated rings. The van der Waals surface area contributed by atoms with Crippen LogP contribution in [0.2, 0.25) is 0 Å². The highest BCUT2D eigenvalue weighted by atomic mass is 16.3. The molecule has 0 aromatic heterocycles. The van der Waals surface area contributed by atoms with Gasteiger partial charge in [-0.15, -0.1) is 12.3 Å². The third-order valence-electron chi connectivity index (χ3n) is 2.81. The van der Waals surface area contributed by atoms with Crippen LogP contribution >= 0.6 is 0 Å². The van der Waals surface area contributed by atoms with E-state index < -0.39 is 5.60 Å². The minimum Gasteiger partial charge on any atom is -0.390 e. The predicted molar refractivity (Wildman–Crippen MR) is 50.6 cm³/mol. The van der Waals surface area contributed by atoms with Crippen molar-refractivity contribution in [2.75, 3.05) is 0 Å². The van der Waals surface area contributed by atoms with Crippen molar-refractivity contribution in [2.45, 2.75) is 51.6 Å². The van der Waals surface area contributed by atoms with E-state index in [1.165, 1.54) is 0 Å². The summed E-state index contributed by atoms with van der Waals surface area (Å²) in [6.07, 6.45) is 9.59. The van der Waals surface area contributed by atoms with E-state index in [4.69, 9.17) is 6.42 Å². The first-order chi connectivity index (χ1) is 5.47. The highest BCUT2D eigenvalue weighted by Gasteiger charge is 2.40. The SMILES string of the molecule is C#CCCC1(O)CCC(C)(C)C1. The van der Waals surface area contributed by atoms with Gasteiger partial charge in [0, 0.05) is 6.42 Å². The number of hydrogen-bond acceptors (Lipinski definition) is 1. The van der Waals surface area contributed by atoms with Crippen LogP contribution in [-0.4, -0.2) is 10.7 Å². The number of rotatable bonds is 2. The molecule has 0 aromatic carbocycles. The summed E-state index contributed by atoms with van der Waals surface area (Å²) in [5, 5.41) is 10.1. The monoisotopic (exact) mass is 166 g/mol. The second-order valence-electron chi connectivity index (χ2n) is 4.77. The summed E-state index contributed by atoms with van der Waals surface area (Å²) >= 11 is 0. The predicted octanol–water partition coefficient (Wildman–Crippen LogP) is 2.34. The fraction of sp³-hybridized carbons (Fsp3) is 0.818. The van der Waals surface area contributed by atoms with E-state index >= 15 is 0 Å². The molecule has 0 saturated heterocycles. The van der Waals surface area contributed by atoms with Crippen LogP contribution in [0.1, 0.15) is 46.0 Å². The third kappa shape index (κ3) is 2.25. The molecular formula is C11H18O. The van der Waals surface area contributed by atoms with E-state index in [0.29, 0.717) is 11.8 Å². The van der Waals surface area contributed by atoms with Gasteiger partial charge in [-0.05, 0) is 31.1 Å². The normalized spacial score (nSPS) is 33.2. The molecule has 0 radical (unpaired) electrons. The molecule has 1 aliphatic rings. The number of aliphatic hydroxyl groups is 1. The lowest BCUT2D eigenvalue weighted by molar-refractivity contribution is 0.0304. The molecule has 1 unspecified atom stereocenters. The average Bonchev–Trinajstić information content (AvgIpc) is 2.23. The van der Waals surface area contributed by atoms with E-state index in [2.05, 4.69) is 19.8 Å². The van der Waals surface area contributed by atoms with E-state index in [-0.39, 0.29) is 0 Å². The lowest BCUT2D eigenvalue weighted by Gasteiger charge is -2.24. The summed E-state index contributed by atoms with van der Waals surface area (Å²) in [6.45, 7) is 4.42. The van der Waals surface area contributed by atoms with Crippen LogP contribution < -0.4 is 0 Å². The van der Waals surface area contributed by atoms with E-state index in [0.717, 1.165) is 25.7 Å². The Morgan fingerprint density at radius 2 is 2.08 bits per heavy atom. The van der Waals surface area contributed by atoms with Crippen LogP contribution in [0.4, 0.5) is 0 Å². The fourth-order valence-electron chi connectivity index (χ4n) is 2.16. The van der Waals surface area contributed by atoms with Crippen molar-refractivity contribution in [3.05, 3.63) is 0 Å². The van der Waals surface area contributed by atoms with Crippen molar-refractivity contribution in [1.29, 1.82) is 0 Å². The lowest BCUT2D eigenvalue weighted by atomic mass is 9.87. The highest BCUT2D eigenvalue weighted by Crippen LogP contribution is 2.45. The molecule has 0 spiro atoms. The van der Waals surface area contributed by atoms with Gasteiger partial charge < -0.3 is 5.11 Å². The van der Waals surface area contributed by atoms with Crippen molar-refractivity contribution >= 4 is 0 Å². The average molecular weight is 166 g/mol. The summed E-state index contributed by atoms with van der Waals surface area (Å²) < 4.78 is 0. The Morgan fingerprint density at radius 1 is 1.42 bits per heavy atom. The van der Waals surface area contributed by atoms with Crippen LogP contribution in [0.3, 0.4) is 0 Å². The Bertz CT molecular complexity index is 200. The van der Waals surface area contributed by atoms with Crippen molar-refractivity contribution in [3.63, 3.8) is 0 Å². The fourth-order valence-corrected chi connectivity index (χ4v) is 2.16. The quantitative estimate of drug-likeness (QED) is 0.624. The van der Waals surface area contributed by atoms with E-state index in [1.54, 1.807) is 0 Å². The maximum Gasteiger partial charge on any atom is 0.0662 e. The molecule has 1 atom stereocenters. The Kier molecular flexibility index (Phi) is 2.49. The molecular weight excluding hydrogens is 148 g/mol. The molecule has 0 bridgehead atoms. The van der Waals surface area contributed by atoms with Gasteiger partial charge in [0.05, 0.1) is 5.60 Å². The van der Waals surface area contributed by atoms with Crippen molar-refractivity contribution in [1.82, 2.24) is 0 Å². The highest BCUT2D eigenvalue weighted by molar-refractivity contribution is 4.96. The van der Waals surface area contributed by atoms with Gasteiger partial charge in [-0.2, -0.15) is 0 Å². The van der Waals surface area contributed by atoms with Gasteiger partial charge >= 0.3 is 0 Å². The second kappa shape index (κ2) is 3.11. The molecule has 1 rings (SSSR count). The smallest absolute Gasteiger partial charge is 0.0662 e. The summed E-state index contributed by atoms with van der Waals surface area (Å²) in [5.74, 6) is 2.59. The van der Waals surface area contributed by atoms with Crippen LogP contribution in [0.25, 0.3) is 0 Å². The topological polar surface area (TPSA) is 20.2 Å². The zero-order valence-electron chi connectivity index (χ0n) is 8.06. The summed E-state index contributed by atoms with van der Waals surface area (Å²) in [4.78, 5) is 0. The van der Waals surface area contributed by atoms with Crippen molar-refractivity contribution in [2.24, 2.45) is 5.41 Å². The molecule has 1 heteroatoms. The third-order valence-corrected chi connectivity index (χ3v) is 2.81.